The standard InChI is InChI=1S/C17H32N2O6Si/c1-26(2,3)19(12-17(24)25)9-14-6-4-5-13(7-14)8-18(10-15(20)21)11-16(22)23/h13-14H,4-12H2,1-3H3,(H,20,21)(H,22,23)(H,24,25). The van der Waals surface area contributed by atoms with Crippen LogP contribution in [-0.4, -0.2) is 83.7 Å². The molecule has 1 fully saturated rings. The Morgan fingerprint density at radius 2 is 1.31 bits per heavy atom. The first-order chi connectivity index (χ1) is 12.0. The minimum absolute atomic E-state index is 0.0566. The molecule has 2 unspecified atom stereocenters. The van der Waals surface area contributed by atoms with Gasteiger partial charge in [0, 0.05) is 6.54 Å². The fraction of sp³-hybridized carbons (Fsp3) is 0.824. The number of hydrogen-bond donors (Lipinski definition) is 3. The van der Waals surface area contributed by atoms with Gasteiger partial charge in [-0.3, -0.25) is 19.3 Å². The second-order valence-electron chi connectivity index (χ2n) is 8.30. The predicted molar refractivity (Wildman–Crippen MR) is 99.7 cm³/mol. The van der Waals surface area contributed by atoms with E-state index in [0.717, 1.165) is 32.2 Å². The Morgan fingerprint density at radius 1 is 0.846 bits per heavy atom. The van der Waals surface area contributed by atoms with Crippen LogP contribution in [0.5, 0.6) is 0 Å². The van der Waals surface area contributed by atoms with Crippen molar-refractivity contribution >= 4 is 26.1 Å². The van der Waals surface area contributed by atoms with E-state index in [1.165, 1.54) is 4.90 Å². The van der Waals surface area contributed by atoms with E-state index in [4.69, 9.17) is 10.2 Å². The Bertz CT molecular complexity index is 492. The Morgan fingerprint density at radius 3 is 1.73 bits per heavy atom. The van der Waals surface area contributed by atoms with Gasteiger partial charge < -0.3 is 19.9 Å². The van der Waals surface area contributed by atoms with Crippen LogP contribution in [0.2, 0.25) is 19.6 Å². The lowest BCUT2D eigenvalue weighted by molar-refractivity contribution is -0.142. The highest BCUT2D eigenvalue weighted by molar-refractivity contribution is 6.73. The summed E-state index contributed by atoms with van der Waals surface area (Å²) >= 11 is 0. The van der Waals surface area contributed by atoms with Gasteiger partial charge in [-0.05, 0) is 37.6 Å². The molecule has 0 bridgehead atoms. The molecule has 3 N–H and O–H groups in total. The van der Waals surface area contributed by atoms with E-state index in [9.17, 15) is 19.5 Å². The zero-order chi connectivity index (χ0) is 19.9. The van der Waals surface area contributed by atoms with Crippen molar-refractivity contribution in [3.8, 4) is 0 Å². The van der Waals surface area contributed by atoms with Crippen molar-refractivity contribution in [3.63, 3.8) is 0 Å². The maximum Gasteiger partial charge on any atom is 0.317 e. The molecule has 2 atom stereocenters. The molecule has 0 saturated heterocycles. The molecule has 1 saturated carbocycles. The van der Waals surface area contributed by atoms with Crippen LogP contribution in [0, 0.1) is 11.8 Å². The van der Waals surface area contributed by atoms with Gasteiger partial charge in [0.1, 0.15) is 8.24 Å². The quantitative estimate of drug-likeness (QED) is 0.456. The van der Waals surface area contributed by atoms with Gasteiger partial charge in [-0.25, -0.2) is 0 Å². The topological polar surface area (TPSA) is 118 Å². The lowest BCUT2D eigenvalue weighted by Crippen LogP contribution is -2.51. The summed E-state index contributed by atoms with van der Waals surface area (Å²) in [5, 5.41) is 27.1. The molecule has 1 rings (SSSR count). The zero-order valence-electron chi connectivity index (χ0n) is 16.0. The molecule has 26 heavy (non-hydrogen) atoms. The lowest BCUT2D eigenvalue weighted by Gasteiger charge is -2.39. The molecule has 9 heteroatoms. The summed E-state index contributed by atoms with van der Waals surface area (Å²) in [5.41, 5.74) is 0. The molecular formula is C17H32N2O6Si. The summed E-state index contributed by atoms with van der Waals surface area (Å²) in [4.78, 5) is 34.6. The number of aliphatic carboxylic acids is 3. The highest BCUT2D eigenvalue weighted by atomic mass is 28.3. The first-order valence-electron chi connectivity index (χ1n) is 9.10. The number of carboxylic acid groups (broad SMARTS) is 3. The summed E-state index contributed by atoms with van der Waals surface area (Å²) in [6.45, 7) is 7.13. The lowest BCUT2D eigenvalue weighted by atomic mass is 9.81. The SMILES string of the molecule is C[Si](C)(C)N(CC(=O)O)CC1CCCC(CN(CC(=O)O)CC(=O)O)C1. The van der Waals surface area contributed by atoms with Crippen molar-refractivity contribution in [3.05, 3.63) is 0 Å². The number of nitrogens with zero attached hydrogens (tertiary/aromatic N) is 2. The van der Waals surface area contributed by atoms with Gasteiger partial charge in [-0.15, -0.1) is 0 Å². The van der Waals surface area contributed by atoms with Crippen LogP contribution >= 0.6 is 0 Å². The van der Waals surface area contributed by atoms with Crippen LogP contribution in [0.4, 0.5) is 0 Å². The summed E-state index contributed by atoms with van der Waals surface area (Å²) in [6, 6.07) is 0. The van der Waals surface area contributed by atoms with Crippen LogP contribution in [0.25, 0.3) is 0 Å². The number of carbonyl (C=O) groups is 3. The van der Waals surface area contributed by atoms with E-state index in [2.05, 4.69) is 24.2 Å². The Labute approximate surface area is 155 Å². The predicted octanol–water partition coefficient (Wildman–Crippen LogP) is 1.49. The van der Waals surface area contributed by atoms with Gasteiger partial charge in [0.25, 0.3) is 0 Å². The molecule has 0 aromatic rings. The Balaban J connectivity index is 2.67. The van der Waals surface area contributed by atoms with Crippen molar-refractivity contribution in [2.24, 2.45) is 11.8 Å². The Hall–Kier alpha value is -1.45. The van der Waals surface area contributed by atoms with E-state index in [-0.39, 0.29) is 25.6 Å². The molecule has 0 amide bonds. The maximum atomic E-state index is 11.2. The highest BCUT2D eigenvalue weighted by Gasteiger charge is 2.31. The van der Waals surface area contributed by atoms with Crippen molar-refractivity contribution < 1.29 is 29.7 Å². The van der Waals surface area contributed by atoms with Crippen LogP contribution in [0.3, 0.4) is 0 Å². The third-order valence-electron chi connectivity index (χ3n) is 4.88. The molecule has 0 aliphatic heterocycles. The van der Waals surface area contributed by atoms with Crippen molar-refractivity contribution in [1.29, 1.82) is 0 Å². The second-order valence-corrected chi connectivity index (χ2v) is 13.3. The van der Waals surface area contributed by atoms with Crippen LogP contribution in [-0.2, 0) is 14.4 Å². The number of rotatable bonds is 11. The van der Waals surface area contributed by atoms with E-state index in [0.29, 0.717) is 12.5 Å². The minimum Gasteiger partial charge on any atom is -0.480 e. The van der Waals surface area contributed by atoms with E-state index in [1.807, 2.05) is 0 Å². The normalized spacial score (nSPS) is 21.1. The van der Waals surface area contributed by atoms with Gasteiger partial charge in [-0.2, -0.15) is 0 Å². The van der Waals surface area contributed by atoms with Gasteiger partial charge in [-0.1, -0.05) is 26.1 Å². The molecular weight excluding hydrogens is 356 g/mol. The monoisotopic (exact) mass is 388 g/mol. The minimum atomic E-state index is -1.74. The summed E-state index contributed by atoms with van der Waals surface area (Å²) in [5.74, 6) is -2.24. The molecule has 1 aliphatic rings. The third kappa shape index (κ3) is 8.77. The van der Waals surface area contributed by atoms with E-state index in [1.54, 1.807) is 0 Å². The fourth-order valence-corrected chi connectivity index (χ4v) is 5.13. The molecule has 0 heterocycles. The smallest absolute Gasteiger partial charge is 0.317 e. The van der Waals surface area contributed by atoms with Crippen molar-refractivity contribution in [1.82, 2.24) is 9.47 Å². The van der Waals surface area contributed by atoms with E-state index >= 15 is 0 Å². The first kappa shape index (κ1) is 22.6. The van der Waals surface area contributed by atoms with Gasteiger partial charge in [0.05, 0.1) is 19.6 Å². The molecule has 0 radical (unpaired) electrons. The average Bonchev–Trinajstić information content (AvgIpc) is 2.44. The summed E-state index contributed by atoms with van der Waals surface area (Å²) in [7, 11) is -1.74. The third-order valence-corrected chi connectivity index (χ3v) is 7.12. The van der Waals surface area contributed by atoms with Crippen LogP contribution in [0.15, 0.2) is 0 Å². The first-order valence-corrected chi connectivity index (χ1v) is 12.5. The fourth-order valence-electron chi connectivity index (χ4n) is 3.72. The number of carboxylic acids is 3. The van der Waals surface area contributed by atoms with E-state index < -0.39 is 26.1 Å². The average molecular weight is 389 g/mol. The molecule has 0 aromatic heterocycles. The molecule has 0 spiro atoms. The largest absolute Gasteiger partial charge is 0.480 e. The highest BCUT2D eigenvalue weighted by Crippen LogP contribution is 2.31. The van der Waals surface area contributed by atoms with Gasteiger partial charge in [0.15, 0.2) is 0 Å². The molecule has 1 aliphatic carbocycles. The van der Waals surface area contributed by atoms with Crippen LogP contribution < -0.4 is 0 Å². The van der Waals surface area contributed by atoms with Gasteiger partial charge >= 0.3 is 17.9 Å². The molecule has 8 nitrogen and oxygen atoms in total. The number of hydrogen-bond acceptors (Lipinski definition) is 5. The maximum absolute atomic E-state index is 11.2. The van der Waals surface area contributed by atoms with Gasteiger partial charge in [0.2, 0.25) is 0 Å². The molecule has 150 valence electrons. The second kappa shape index (κ2) is 10.0. The Kier molecular flexibility index (Phi) is 8.71. The summed E-state index contributed by atoms with van der Waals surface area (Å²) in [6.07, 6.45) is 3.89. The van der Waals surface area contributed by atoms with Crippen molar-refractivity contribution in [2.75, 3.05) is 32.7 Å². The zero-order valence-corrected chi connectivity index (χ0v) is 17.0. The summed E-state index contributed by atoms with van der Waals surface area (Å²) < 4.78 is 2.11. The van der Waals surface area contributed by atoms with Crippen molar-refractivity contribution in [2.45, 2.75) is 45.3 Å². The molecule has 0 aromatic carbocycles. The van der Waals surface area contributed by atoms with Crippen LogP contribution in [0.1, 0.15) is 25.7 Å².